The summed E-state index contributed by atoms with van der Waals surface area (Å²) in [6.07, 6.45) is 8.32. The number of nitrogens with zero attached hydrogens (tertiary/aromatic N) is 2. The lowest BCUT2D eigenvalue weighted by Crippen LogP contribution is -2.19. The molecule has 4 nitrogen and oxygen atoms in total. The Labute approximate surface area is 118 Å². The van der Waals surface area contributed by atoms with Crippen molar-refractivity contribution < 1.29 is 4.79 Å². The molecular formula is C16H17N3O. The SMILES string of the molecule is O=C(NN=C1CCCC1)c1ccc(-n2cccc2)cc1. The molecule has 1 aliphatic carbocycles. The third kappa shape index (κ3) is 2.79. The van der Waals surface area contributed by atoms with Crippen molar-refractivity contribution in [2.75, 3.05) is 0 Å². The zero-order valence-corrected chi connectivity index (χ0v) is 11.2. The summed E-state index contributed by atoms with van der Waals surface area (Å²) in [6, 6.07) is 11.4. The van der Waals surface area contributed by atoms with E-state index in [-0.39, 0.29) is 5.91 Å². The molecule has 4 heteroatoms. The van der Waals surface area contributed by atoms with Gasteiger partial charge in [0.2, 0.25) is 0 Å². The normalized spacial score (nSPS) is 14.3. The maximum absolute atomic E-state index is 12.0. The van der Waals surface area contributed by atoms with Crippen LogP contribution in [0.15, 0.2) is 53.9 Å². The van der Waals surface area contributed by atoms with Crippen molar-refractivity contribution in [3.63, 3.8) is 0 Å². The quantitative estimate of drug-likeness (QED) is 0.853. The molecule has 0 atom stereocenters. The van der Waals surface area contributed by atoms with Gasteiger partial charge in [-0.2, -0.15) is 5.10 Å². The van der Waals surface area contributed by atoms with Crippen molar-refractivity contribution >= 4 is 11.6 Å². The molecule has 1 fully saturated rings. The van der Waals surface area contributed by atoms with Crippen LogP contribution in [0.25, 0.3) is 5.69 Å². The minimum atomic E-state index is -0.150. The lowest BCUT2D eigenvalue weighted by atomic mass is 10.2. The molecule has 0 radical (unpaired) electrons. The summed E-state index contributed by atoms with van der Waals surface area (Å²) in [5.41, 5.74) is 5.40. The van der Waals surface area contributed by atoms with E-state index in [0.29, 0.717) is 5.56 Å². The molecule has 0 saturated heterocycles. The van der Waals surface area contributed by atoms with Crippen LogP contribution in [0.2, 0.25) is 0 Å². The lowest BCUT2D eigenvalue weighted by Gasteiger charge is -2.05. The van der Waals surface area contributed by atoms with Gasteiger partial charge >= 0.3 is 0 Å². The molecule has 1 heterocycles. The highest BCUT2D eigenvalue weighted by atomic mass is 16.2. The standard InChI is InChI=1S/C16H17N3O/c20-16(18-17-14-5-1-2-6-14)13-7-9-15(10-8-13)19-11-3-4-12-19/h3-4,7-12H,1-2,5-6H2,(H,18,20). The van der Waals surface area contributed by atoms with Crippen molar-refractivity contribution in [3.8, 4) is 5.69 Å². The van der Waals surface area contributed by atoms with Crippen LogP contribution < -0.4 is 5.43 Å². The highest BCUT2D eigenvalue weighted by Crippen LogP contribution is 2.14. The van der Waals surface area contributed by atoms with Crippen LogP contribution in [0.1, 0.15) is 36.0 Å². The topological polar surface area (TPSA) is 46.4 Å². The maximum Gasteiger partial charge on any atom is 0.271 e. The number of amides is 1. The third-order valence-corrected chi connectivity index (χ3v) is 3.53. The smallest absolute Gasteiger partial charge is 0.271 e. The van der Waals surface area contributed by atoms with E-state index in [2.05, 4.69) is 10.5 Å². The van der Waals surface area contributed by atoms with Crippen molar-refractivity contribution in [2.24, 2.45) is 5.10 Å². The Kier molecular flexibility index (Phi) is 3.63. The van der Waals surface area contributed by atoms with Crippen LogP contribution in [0.4, 0.5) is 0 Å². The lowest BCUT2D eigenvalue weighted by molar-refractivity contribution is 0.0954. The van der Waals surface area contributed by atoms with Gasteiger partial charge < -0.3 is 4.57 Å². The van der Waals surface area contributed by atoms with Gasteiger partial charge in [-0.25, -0.2) is 5.43 Å². The molecule has 20 heavy (non-hydrogen) atoms. The summed E-state index contributed by atoms with van der Waals surface area (Å²) in [6.45, 7) is 0. The largest absolute Gasteiger partial charge is 0.324 e. The van der Waals surface area contributed by atoms with Gasteiger partial charge in [0.25, 0.3) is 5.91 Å². The second-order valence-corrected chi connectivity index (χ2v) is 4.96. The Balaban J connectivity index is 1.68. The molecule has 1 amide bonds. The third-order valence-electron chi connectivity index (χ3n) is 3.53. The van der Waals surface area contributed by atoms with Crippen molar-refractivity contribution in [3.05, 3.63) is 54.4 Å². The van der Waals surface area contributed by atoms with Crippen LogP contribution in [0, 0.1) is 0 Å². The molecule has 1 aromatic heterocycles. The maximum atomic E-state index is 12.0. The fraction of sp³-hybridized carbons (Fsp3) is 0.250. The monoisotopic (exact) mass is 267 g/mol. The van der Waals surface area contributed by atoms with E-state index in [1.54, 1.807) is 0 Å². The number of hydrogen-bond donors (Lipinski definition) is 1. The highest BCUT2D eigenvalue weighted by Gasteiger charge is 2.09. The predicted octanol–water partition coefficient (Wildman–Crippen LogP) is 3.14. The Hall–Kier alpha value is -2.36. The van der Waals surface area contributed by atoms with Crippen LogP contribution >= 0.6 is 0 Å². The van der Waals surface area contributed by atoms with Crippen molar-refractivity contribution in [1.29, 1.82) is 0 Å². The van der Waals surface area contributed by atoms with E-state index in [1.807, 2.05) is 53.4 Å². The Morgan fingerprint density at radius 2 is 1.70 bits per heavy atom. The zero-order chi connectivity index (χ0) is 13.8. The molecule has 2 aromatic rings. The van der Waals surface area contributed by atoms with E-state index in [4.69, 9.17) is 0 Å². The minimum absolute atomic E-state index is 0.150. The summed E-state index contributed by atoms with van der Waals surface area (Å²) in [5.74, 6) is -0.150. The van der Waals surface area contributed by atoms with E-state index in [1.165, 1.54) is 12.8 Å². The van der Waals surface area contributed by atoms with Crippen LogP contribution in [-0.2, 0) is 0 Å². The van der Waals surface area contributed by atoms with Gasteiger partial charge in [0.15, 0.2) is 0 Å². The van der Waals surface area contributed by atoms with Crippen LogP contribution in [0.3, 0.4) is 0 Å². The fourth-order valence-corrected chi connectivity index (χ4v) is 2.38. The molecule has 1 saturated carbocycles. The summed E-state index contributed by atoms with van der Waals surface area (Å²) < 4.78 is 2.00. The van der Waals surface area contributed by atoms with Gasteiger partial charge in [0.1, 0.15) is 0 Å². The van der Waals surface area contributed by atoms with Crippen molar-refractivity contribution in [1.82, 2.24) is 9.99 Å². The van der Waals surface area contributed by atoms with E-state index >= 15 is 0 Å². The second-order valence-electron chi connectivity index (χ2n) is 4.96. The van der Waals surface area contributed by atoms with Crippen molar-refractivity contribution in [2.45, 2.75) is 25.7 Å². The van der Waals surface area contributed by atoms with Gasteiger partial charge in [0, 0.05) is 29.4 Å². The number of hydrogen-bond acceptors (Lipinski definition) is 2. The fourth-order valence-electron chi connectivity index (χ4n) is 2.38. The Bertz CT molecular complexity index is 604. The van der Waals surface area contributed by atoms with E-state index in [9.17, 15) is 4.79 Å². The average Bonchev–Trinajstić information content (AvgIpc) is 3.18. The Morgan fingerprint density at radius 3 is 2.35 bits per heavy atom. The molecule has 1 N–H and O–H groups in total. The predicted molar refractivity (Wildman–Crippen MR) is 79.1 cm³/mol. The van der Waals surface area contributed by atoms with Gasteiger partial charge in [-0.15, -0.1) is 0 Å². The number of carbonyl (C=O) groups excluding carboxylic acids is 1. The van der Waals surface area contributed by atoms with Gasteiger partial charge in [-0.05, 0) is 62.1 Å². The highest BCUT2D eigenvalue weighted by molar-refractivity contribution is 5.95. The van der Waals surface area contributed by atoms with Crippen LogP contribution in [0.5, 0.6) is 0 Å². The number of rotatable bonds is 3. The number of hydrazone groups is 1. The molecular weight excluding hydrogens is 250 g/mol. The molecule has 1 aromatic carbocycles. The zero-order valence-electron chi connectivity index (χ0n) is 11.2. The first-order valence-electron chi connectivity index (χ1n) is 6.92. The number of aromatic nitrogens is 1. The first-order valence-corrected chi connectivity index (χ1v) is 6.92. The molecule has 0 aliphatic heterocycles. The molecule has 3 rings (SSSR count). The Morgan fingerprint density at radius 1 is 1.05 bits per heavy atom. The molecule has 0 unspecified atom stereocenters. The number of carbonyl (C=O) groups is 1. The van der Waals surface area contributed by atoms with E-state index < -0.39 is 0 Å². The average molecular weight is 267 g/mol. The minimum Gasteiger partial charge on any atom is -0.324 e. The summed E-state index contributed by atoms with van der Waals surface area (Å²) >= 11 is 0. The molecule has 0 bridgehead atoms. The summed E-state index contributed by atoms with van der Waals surface area (Å²) in [5, 5.41) is 4.18. The van der Waals surface area contributed by atoms with Gasteiger partial charge in [0.05, 0.1) is 0 Å². The first kappa shape index (κ1) is 12.7. The number of nitrogens with one attached hydrogen (secondary N) is 1. The van der Waals surface area contributed by atoms with Gasteiger partial charge in [-0.3, -0.25) is 4.79 Å². The summed E-state index contributed by atoms with van der Waals surface area (Å²) in [4.78, 5) is 12.0. The van der Waals surface area contributed by atoms with Crippen LogP contribution in [-0.4, -0.2) is 16.2 Å². The first-order chi connectivity index (χ1) is 9.83. The van der Waals surface area contributed by atoms with E-state index in [0.717, 1.165) is 24.2 Å². The summed E-state index contributed by atoms with van der Waals surface area (Å²) in [7, 11) is 0. The van der Waals surface area contributed by atoms with Gasteiger partial charge in [-0.1, -0.05) is 0 Å². The second kappa shape index (κ2) is 5.74. The number of benzene rings is 1. The molecule has 1 aliphatic rings. The molecule has 0 spiro atoms. The molecule has 102 valence electrons.